The number of amides is 1. The van der Waals surface area contributed by atoms with E-state index in [1.165, 1.54) is 30.3 Å². The Morgan fingerprint density at radius 3 is 2.30 bits per heavy atom. The van der Waals surface area contributed by atoms with Gasteiger partial charge in [-0.3, -0.25) is 9.52 Å². The van der Waals surface area contributed by atoms with Crippen LogP contribution in [-0.4, -0.2) is 14.3 Å². The lowest BCUT2D eigenvalue weighted by atomic mass is 10.1. The van der Waals surface area contributed by atoms with Crippen molar-refractivity contribution in [1.29, 1.82) is 0 Å². The predicted molar refractivity (Wildman–Crippen MR) is 96.8 cm³/mol. The molecule has 0 radical (unpaired) electrons. The topological polar surface area (TPSA) is 75.3 Å². The Kier molecular flexibility index (Phi) is 6.15. The fourth-order valence-electron chi connectivity index (χ4n) is 2.30. The lowest BCUT2D eigenvalue weighted by Crippen LogP contribution is -2.16. The van der Waals surface area contributed by atoms with Crippen LogP contribution in [0.4, 0.5) is 24.5 Å². The van der Waals surface area contributed by atoms with Crippen LogP contribution in [0.3, 0.4) is 0 Å². The number of hydrogen-bond donors (Lipinski definition) is 2. The Labute approximate surface area is 155 Å². The highest BCUT2D eigenvalue weighted by Crippen LogP contribution is 2.31. The quantitative estimate of drug-likeness (QED) is 0.750. The van der Waals surface area contributed by atoms with E-state index in [-0.39, 0.29) is 34.5 Å². The molecule has 0 aromatic heterocycles. The number of nitrogens with one attached hydrogen (secondary N) is 2. The number of anilines is 2. The van der Waals surface area contributed by atoms with Crippen molar-refractivity contribution in [2.24, 2.45) is 5.92 Å². The molecule has 0 aliphatic rings. The zero-order valence-corrected chi connectivity index (χ0v) is 15.5. The van der Waals surface area contributed by atoms with Crippen molar-refractivity contribution in [1.82, 2.24) is 0 Å². The highest BCUT2D eigenvalue weighted by Gasteiger charge is 2.30. The maximum Gasteiger partial charge on any atom is 0.416 e. The van der Waals surface area contributed by atoms with Gasteiger partial charge in [0.2, 0.25) is 5.91 Å². The van der Waals surface area contributed by atoms with E-state index in [0.29, 0.717) is 6.07 Å². The molecule has 146 valence electrons. The van der Waals surface area contributed by atoms with Crippen molar-refractivity contribution in [2.45, 2.75) is 31.3 Å². The lowest BCUT2D eigenvalue weighted by molar-refractivity contribution is -0.137. The molecule has 2 aromatic carbocycles. The SMILES string of the molecule is CC(C)CC(=O)Nc1cccc(S(=O)(=O)Nc2cccc(C(F)(F)F)c2)c1. The highest BCUT2D eigenvalue weighted by atomic mass is 32.2. The molecular weight excluding hydrogens is 381 g/mol. The molecule has 0 bridgehead atoms. The molecule has 27 heavy (non-hydrogen) atoms. The monoisotopic (exact) mass is 400 g/mol. The molecule has 0 heterocycles. The zero-order valence-electron chi connectivity index (χ0n) is 14.7. The summed E-state index contributed by atoms with van der Waals surface area (Å²) in [6.45, 7) is 3.75. The van der Waals surface area contributed by atoms with Gasteiger partial charge >= 0.3 is 6.18 Å². The van der Waals surface area contributed by atoms with Crippen molar-refractivity contribution < 1.29 is 26.4 Å². The molecule has 0 saturated heterocycles. The van der Waals surface area contributed by atoms with Gasteiger partial charge in [-0.1, -0.05) is 26.0 Å². The molecule has 0 unspecified atom stereocenters. The van der Waals surface area contributed by atoms with Crippen molar-refractivity contribution in [3.8, 4) is 0 Å². The van der Waals surface area contributed by atoms with E-state index in [4.69, 9.17) is 0 Å². The van der Waals surface area contributed by atoms with Crippen LogP contribution < -0.4 is 10.0 Å². The molecule has 0 aliphatic carbocycles. The largest absolute Gasteiger partial charge is 0.416 e. The normalized spacial score (nSPS) is 12.1. The molecule has 1 amide bonds. The minimum atomic E-state index is -4.58. The molecule has 2 N–H and O–H groups in total. The van der Waals surface area contributed by atoms with Crippen LogP contribution in [-0.2, 0) is 21.0 Å². The summed E-state index contributed by atoms with van der Waals surface area (Å²) in [5.74, 6) is -0.120. The number of rotatable bonds is 6. The van der Waals surface area contributed by atoms with Gasteiger partial charge in [-0.05, 0) is 42.3 Å². The van der Waals surface area contributed by atoms with Gasteiger partial charge in [-0.2, -0.15) is 13.2 Å². The molecule has 0 saturated carbocycles. The Morgan fingerprint density at radius 1 is 1.04 bits per heavy atom. The first-order chi connectivity index (χ1) is 12.5. The van der Waals surface area contributed by atoms with Gasteiger partial charge in [0.25, 0.3) is 10.0 Å². The van der Waals surface area contributed by atoms with E-state index in [1.54, 1.807) is 0 Å². The fourth-order valence-corrected chi connectivity index (χ4v) is 3.39. The molecule has 0 spiro atoms. The second-order valence-electron chi connectivity index (χ2n) is 6.36. The minimum absolute atomic E-state index is 0.138. The van der Waals surface area contributed by atoms with Crippen LogP contribution in [0, 0.1) is 5.92 Å². The van der Waals surface area contributed by atoms with Crippen molar-refractivity contribution in [2.75, 3.05) is 10.0 Å². The van der Waals surface area contributed by atoms with Crippen LogP contribution in [0.15, 0.2) is 53.4 Å². The maximum atomic E-state index is 12.8. The van der Waals surface area contributed by atoms with E-state index in [9.17, 15) is 26.4 Å². The summed E-state index contributed by atoms with van der Waals surface area (Å²) >= 11 is 0. The van der Waals surface area contributed by atoms with Gasteiger partial charge in [0.15, 0.2) is 0 Å². The Hall–Kier alpha value is -2.55. The number of hydrogen-bond acceptors (Lipinski definition) is 3. The van der Waals surface area contributed by atoms with Crippen LogP contribution in [0.1, 0.15) is 25.8 Å². The first-order valence-corrected chi connectivity index (χ1v) is 9.56. The number of benzene rings is 2. The number of sulfonamides is 1. The van der Waals surface area contributed by atoms with Crippen molar-refractivity contribution in [3.05, 3.63) is 54.1 Å². The summed E-state index contributed by atoms with van der Waals surface area (Å²) < 4.78 is 65.4. The minimum Gasteiger partial charge on any atom is -0.326 e. The molecular formula is C18H19F3N2O3S. The van der Waals surface area contributed by atoms with Gasteiger partial charge in [0, 0.05) is 17.8 Å². The predicted octanol–water partition coefficient (Wildman–Crippen LogP) is 4.49. The highest BCUT2D eigenvalue weighted by molar-refractivity contribution is 7.92. The molecule has 9 heteroatoms. The van der Waals surface area contributed by atoms with Gasteiger partial charge in [0.05, 0.1) is 10.5 Å². The Balaban J connectivity index is 2.22. The van der Waals surface area contributed by atoms with Crippen LogP contribution in [0.25, 0.3) is 0 Å². The molecule has 2 rings (SSSR count). The summed E-state index contributed by atoms with van der Waals surface area (Å²) in [5.41, 5.74) is -0.885. The average molecular weight is 400 g/mol. The lowest BCUT2D eigenvalue weighted by Gasteiger charge is -2.12. The standard InChI is InChI=1S/C18H19F3N2O3S/c1-12(2)9-17(24)22-14-6-4-8-16(11-14)27(25,26)23-15-7-3-5-13(10-15)18(19,20)21/h3-8,10-12,23H,9H2,1-2H3,(H,22,24). The van der Waals surface area contributed by atoms with Gasteiger partial charge < -0.3 is 5.32 Å². The smallest absolute Gasteiger partial charge is 0.326 e. The van der Waals surface area contributed by atoms with Crippen molar-refractivity contribution >= 4 is 27.3 Å². The summed E-state index contributed by atoms with van der Waals surface area (Å²) in [6, 6.07) is 9.40. The van der Waals surface area contributed by atoms with Crippen LogP contribution >= 0.6 is 0 Å². The number of carbonyl (C=O) groups excluding carboxylic acids is 1. The molecule has 0 fully saturated rings. The van der Waals surface area contributed by atoms with E-state index >= 15 is 0 Å². The Morgan fingerprint density at radius 2 is 1.67 bits per heavy atom. The summed E-state index contributed by atoms with van der Waals surface area (Å²) in [5, 5.41) is 2.60. The third-order valence-corrected chi connectivity index (χ3v) is 4.84. The molecule has 5 nitrogen and oxygen atoms in total. The molecule has 0 aliphatic heterocycles. The molecule has 0 atom stereocenters. The summed E-state index contributed by atoms with van der Waals surface area (Å²) in [6.07, 6.45) is -4.30. The van der Waals surface area contributed by atoms with E-state index in [0.717, 1.165) is 12.1 Å². The number of carbonyl (C=O) groups is 1. The second-order valence-corrected chi connectivity index (χ2v) is 8.04. The Bertz CT molecular complexity index is 925. The molecule has 2 aromatic rings. The summed E-state index contributed by atoms with van der Waals surface area (Å²) in [7, 11) is -4.13. The third kappa shape index (κ3) is 5.99. The fraction of sp³-hybridized carbons (Fsp3) is 0.278. The van der Waals surface area contributed by atoms with Gasteiger partial charge in [-0.25, -0.2) is 8.42 Å². The maximum absolute atomic E-state index is 12.8. The zero-order chi connectivity index (χ0) is 20.2. The van der Waals surface area contributed by atoms with E-state index in [2.05, 4.69) is 10.0 Å². The van der Waals surface area contributed by atoms with Crippen molar-refractivity contribution in [3.63, 3.8) is 0 Å². The first-order valence-electron chi connectivity index (χ1n) is 8.07. The number of alkyl halides is 3. The number of halogens is 3. The van der Waals surface area contributed by atoms with Gasteiger partial charge in [0.1, 0.15) is 0 Å². The average Bonchev–Trinajstić information content (AvgIpc) is 2.53. The van der Waals surface area contributed by atoms with Crippen LogP contribution in [0.2, 0.25) is 0 Å². The first kappa shape index (κ1) is 20.8. The van der Waals surface area contributed by atoms with E-state index in [1.807, 2.05) is 13.8 Å². The van der Waals surface area contributed by atoms with Crippen LogP contribution in [0.5, 0.6) is 0 Å². The third-order valence-electron chi connectivity index (χ3n) is 3.46. The van der Waals surface area contributed by atoms with Gasteiger partial charge in [-0.15, -0.1) is 0 Å². The summed E-state index contributed by atoms with van der Waals surface area (Å²) in [4.78, 5) is 11.6. The van der Waals surface area contributed by atoms with E-state index < -0.39 is 21.8 Å². The second kappa shape index (κ2) is 7.99.